The number of anilines is 1. The standard InChI is InChI=1S/C30H27FN2O4/c1-17-27(30(36)33-22-11-7-6-10-21(22)31)28(19-12-13-24(34)26(16-19)37-2)29-23(32-17)14-20(15-25(29)35)18-8-4-3-5-9-18/h3-13,16,20,28,32,34H,14-15H2,1-2H3,(H,33,36)/t20-,28+/m1/s1. The summed E-state index contributed by atoms with van der Waals surface area (Å²) in [6.45, 7) is 1.78. The lowest BCUT2D eigenvalue weighted by Crippen LogP contribution is -2.37. The third kappa shape index (κ3) is 4.60. The second kappa shape index (κ2) is 9.93. The zero-order chi connectivity index (χ0) is 26.1. The maximum atomic E-state index is 14.4. The highest BCUT2D eigenvalue weighted by Crippen LogP contribution is 2.46. The van der Waals surface area contributed by atoms with Gasteiger partial charge in [-0.25, -0.2) is 4.39 Å². The van der Waals surface area contributed by atoms with Crippen LogP contribution in [0.1, 0.15) is 42.7 Å². The van der Waals surface area contributed by atoms with Gasteiger partial charge in [0.2, 0.25) is 0 Å². The number of para-hydroxylation sites is 1. The van der Waals surface area contributed by atoms with Gasteiger partial charge in [-0.1, -0.05) is 48.5 Å². The van der Waals surface area contributed by atoms with Gasteiger partial charge in [0.1, 0.15) is 5.82 Å². The third-order valence-corrected chi connectivity index (χ3v) is 7.00. The number of phenolic OH excluding ortho intramolecular Hbond substituents is 1. The number of halogens is 1. The van der Waals surface area contributed by atoms with E-state index in [1.165, 1.54) is 25.3 Å². The minimum Gasteiger partial charge on any atom is -0.504 e. The van der Waals surface area contributed by atoms with Crippen molar-refractivity contribution in [3.05, 3.63) is 112 Å². The molecule has 188 valence electrons. The fraction of sp³-hybridized carbons (Fsp3) is 0.200. The number of rotatable bonds is 5. The molecule has 6 nitrogen and oxygen atoms in total. The number of ketones is 1. The number of methoxy groups -OCH3 is 1. The number of dihydropyridines is 1. The number of phenols is 1. The van der Waals surface area contributed by atoms with E-state index in [-0.39, 0.29) is 28.9 Å². The molecule has 0 radical (unpaired) electrons. The number of allylic oxidation sites excluding steroid dienone is 3. The maximum absolute atomic E-state index is 14.4. The Bertz CT molecular complexity index is 1440. The normalized spacial score (nSPS) is 19.3. The van der Waals surface area contributed by atoms with Gasteiger partial charge < -0.3 is 20.5 Å². The molecule has 3 aromatic carbocycles. The van der Waals surface area contributed by atoms with Gasteiger partial charge in [-0.05, 0) is 54.7 Å². The Morgan fingerprint density at radius 3 is 2.49 bits per heavy atom. The van der Waals surface area contributed by atoms with Crippen LogP contribution in [0.4, 0.5) is 10.1 Å². The first-order chi connectivity index (χ1) is 17.9. The average Bonchev–Trinajstić information content (AvgIpc) is 2.90. The van der Waals surface area contributed by atoms with Gasteiger partial charge in [0.25, 0.3) is 5.91 Å². The summed E-state index contributed by atoms with van der Waals surface area (Å²) in [7, 11) is 1.44. The quantitative estimate of drug-likeness (QED) is 0.430. The summed E-state index contributed by atoms with van der Waals surface area (Å²) in [6, 6.07) is 20.6. The van der Waals surface area contributed by atoms with E-state index < -0.39 is 17.6 Å². The van der Waals surface area contributed by atoms with E-state index in [2.05, 4.69) is 10.6 Å². The van der Waals surface area contributed by atoms with Crippen molar-refractivity contribution in [2.45, 2.75) is 31.6 Å². The fourth-order valence-electron chi connectivity index (χ4n) is 5.26. The smallest absolute Gasteiger partial charge is 0.254 e. The van der Waals surface area contributed by atoms with Crippen LogP contribution in [0.25, 0.3) is 0 Å². The lowest BCUT2D eigenvalue weighted by atomic mass is 9.71. The summed E-state index contributed by atoms with van der Waals surface area (Å²) in [5.74, 6) is -1.67. The topological polar surface area (TPSA) is 87.7 Å². The number of carbonyl (C=O) groups is 2. The van der Waals surface area contributed by atoms with Crippen LogP contribution in [0, 0.1) is 5.82 Å². The van der Waals surface area contributed by atoms with Crippen LogP contribution in [-0.2, 0) is 9.59 Å². The van der Waals surface area contributed by atoms with Crippen molar-refractivity contribution >= 4 is 17.4 Å². The average molecular weight is 499 g/mol. The first kappa shape index (κ1) is 24.3. The molecule has 1 aliphatic heterocycles. The van der Waals surface area contributed by atoms with Crippen molar-refractivity contribution in [2.75, 3.05) is 12.4 Å². The van der Waals surface area contributed by atoms with Crippen molar-refractivity contribution < 1.29 is 23.8 Å². The Kier molecular flexibility index (Phi) is 6.53. The Morgan fingerprint density at radius 2 is 1.76 bits per heavy atom. The molecule has 5 rings (SSSR count). The Morgan fingerprint density at radius 1 is 1.03 bits per heavy atom. The second-order valence-corrected chi connectivity index (χ2v) is 9.29. The number of aromatic hydroxyl groups is 1. The van der Waals surface area contributed by atoms with E-state index in [1.54, 1.807) is 31.2 Å². The highest BCUT2D eigenvalue weighted by Gasteiger charge is 2.41. The van der Waals surface area contributed by atoms with Crippen LogP contribution >= 0.6 is 0 Å². The number of ether oxygens (including phenoxy) is 1. The molecule has 0 aromatic heterocycles. The molecule has 0 bridgehead atoms. The molecular formula is C30H27FN2O4. The van der Waals surface area contributed by atoms with Gasteiger partial charge >= 0.3 is 0 Å². The molecule has 0 spiro atoms. The molecule has 0 fully saturated rings. The van der Waals surface area contributed by atoms with E-state index >= 15 is 0 Å². The van der Waals surface area contributed by atoms with Crippen LogP contribution < -0.4 is 15.4 Å². The van der Waals surface area contributed by atoms with Crippen molar-refractivity contribution in [1.82, 2.24) is 5.32 Å². The number of Topliss-reactive ketones (excluding diaryl/α,β-unsaturated/α-hetero) is 1. The molecule has 37 heavy (non-hydrogen) atoms. The van der Waals surface area contributed by atoms with E-state index in [4.69, 9.17) is 4.74 Å². The van der Waals surface area contributed by atoms with E-state index in [9.17, 15) is 19.1 Å². The molecular weight excluding hydrogens is 471 g/mol. The van der Waals surface area contributed by atoms with Crippen LogP contribution in [0.2, 0.25) is 0 Å². The van der Waals surface area contributed by atoms with Crippen LogP contribution in [0.5, 0.6) is 11.5 Å². The number of amides is 1. The molecule has 3 N–H and O–H groups in total. The summed E-state index contributed by atoms with van der Waals surface area (Å²) in [5, 5.41) is 16.2. The van der Waals surface area contributed by atoms with E-state index in [1.807, 2.05) is 30.3 Å². The Balaban J connectivity index is 1.60. The maximum Gasteiger partial charge on any atom is 0.254 e. The monoisotopic (exact) mass is 498 g/mol. The second-order valence-electron chi connectivity index (χ2n) is 9.29. The van der Waals surface area contributed by atoms with Gasteiger partial charge in [-0.15, -0.1) is 0 Å². The molecule has 2 aliphatic rings. The van der Waals surface area contributed by atoms with Gasteiger partial charge in [0.15, 0.2) is 17.3 Å². The van der Waals surface area contributed by atoms with E-state index in [0.29, 0.717) is 35.2 Å². The largest absolute Gasteiger partial charge is 0.504 e. The molecule has 1 amide bonds. The van der Waals surface area contributed by atoms with E-state index in [0.717, 1.165) is 11.3 Å². The third-order valence-electron chi connectivity index (χ3n) is 7.00. The van der Waals surface area contributed by atoms with Crippen molar-refractivity contribution in [3.63, 3.8) is 0 Å². The first-order valence-corrected chi connectivity index (χ1v) is 12.1. The molecule has 3 aromatic rings. The predicted octanol–water partition coefficient (Wildman–Crippen LogP) is 5.54. The zero-order valence-corrected chi connectivity index (χ0v) is 20.5. The number of hydrogen-bond acceptors (Lipinski definition) is 5. The van der Waals surface area contributed by atoms with Gasteiger partial charge in [-0.2, -0.15) is 0 Å². The fourth-order valence-corrected chi connectivity index (χ4v) is 5.26. The number of carbonyl (C=O) groups excluding carboxylic acids is 2. The summed E-state index contributed by atoms with van der Waals surface area (Å²) >= 11 is 0. The molecule has 7 heteroatoms. The Hall–Kier alpha value is -4.39. The van der Waals surface area contributed by atoms with Crippen molar-refractivity contribution in [1.29, 1.82) is 0 Å². The molecule has 0 unspecified atom stereocenters. The number of hydrogen-bond donors (Lipinski definition) is 3. The highest BCUT2D eigenvalue weighted by atomic mass is 19.1. The van der Waals surface area contributed by atoms with Crippen molar-refractivity contribution in [3.8, 4) is 11.5 Å². The molecule has 1 heterocycles. The molecule has 1 aliphatic carbocycles. The highest BCUT2D eigenvalue weighted by molar-refractivity contribution is 6.10. The molecule has 0 saturated carbocycles. The summed E-state index contributed by atoms with van der Waals surface area (Å²) in [4.78, 5) is 27.3. The lowest BCUT2D eigenvalue weighted by Gasteiger charge is -2.37. The van der Waals surface area contributed by atoms with Gasteiger partial charge in [0, 0.05) is 34.9 Å². The summed E-state index contributed by atoms with van der Waals surface area (Å²) < 4.78 is 19.7. The zero-order valence-electron chi connectivity index (χ0n) is 20.5. The number of nitrogens with one attached hydrogen (secondary N) is 2. The summed E-state index contributed by atoms with van der Waals surface area (Å²) in [6.07, 6.45) is 0.911. The minimum atomic E-state index is -0.721. The Labute approximate surface area is 214 Å². The van der Waals surface area contributed by atoms with Crippen LogP contribution in [0.3, 0.4) is 0 Å². The molecule has 0 saturated heterocycles. The van der Waals surface area contributed by atoms with Crippen LogP contribution in [-0.4, -0.2) is 23.9 Å². The van der Waals surface area contributed by atoms with Gasteiger partial charge in [-0.3, -0.25) is 9.59 Å². The van der Waals surface area contributed by atoms with Crippen LogP contribution in [0.15, 0.2) is 95.3 Å². The first-order valence-electron chi connectivity index (χ1n) is 12.1. The SMILES string of the molecule is COc1cc([C@H]2C(C(=O)Nc3ccccc3F)=C(C)NC3=C2C(=O)C[C@H](c2ccccc2)C3)ccc1O. The summed E-state index contributed by atoms with van der Waals surface area (Å²) in [5.41, 5.74) is 3.90. The number of benzene rings is 3. The lowest BCUT2D eigenvalue weighted by molar-refractivity contribution is -0.116. The van der Waals surface area contributed by atoms with Crippen molar-refractivity contribution in [2.24, 2.45) is 0 Å². The van der Waals surface area contributed by atoms with Gasteiger partial charge in [0.05, 0.1) is 12.8 Å². The predicted molar refractivity (Wildman–Crippen MR) is 139 cm³/mol. The minimum absolute atomic E-state index is 0.0107. The molecule has 2 atom stereocenters.